The molecule has 0 bridgehead atoms. The van der Waals surface area contributed by atoms with Gasteiger partial charge >= 0.3 is 0 Å². The standard InChI is InChI=1S/C10H9ClN2O2/c1-14-9-4-6(2-3-7(9)11)8-5-10(12)13-15-8/h2-5H,1H3,(H2,12,13). The summed E-state index contributed by atoms with van der Waals surface area (Å²) < 4.78 is 10.1. The number of benzene rings is 1. The van der Waals surface area contributed by atoms with Crippen LogP contribution in [-0.4, -0.2) is 12.3 Å². The summed E-state index contributed by atoms with van der Waals surface area (Å²) in [5, 5.41) is 4.15. The maximum absolute atomic E-state index is 5.89. The van der Waals surface area contributed by atoms with E-state index < -0.39 is 0 Å². The summed E-state index contributed by atoms with van der Waals surface area (Å²) in [6, 6.07) is 6.95. The van der Waals surface area contributed by atoms with Gasteiger partial charge in [-0.05, 0) is 18.2 Å². The second-order valence-corrected chi connectivity index (χ2v) is 3.37. The predicted molar refractivity (Wildman–Crippen MR) is 57.9 cm³/mol. The largest absolute Gasteiger partial charge is 0.495 e. The number of rotatable bonds is 2. The number of halogens is 1. The Kier molecular flexibility index (Phi) is 2.51. The molecule has 0 spiro atoms. The van der Waals surface area contributed by atoms with Crippen LogP contribution in [0.5, 0.6) is 5.75 Å². The second-order valence-electron chi connectivity index (χ2n) is 2.97. The molecule has 0 saturated heterocycles. The Bertz CT molecular complexity index is 482. The van der Waals surface area contributed by atoms with Crippen LogP contribution in [0.1, 0.15) is 0 Å². The predicted octanol–water partition coefficient (Wildman–Crippen LogP) is 2.59. The topological polar surface area (TPSA) is 61.3 Å². The first-order valence-corrected chi connectivity index (χ1v) is 4.64. The average Bonchev–Trinajstić information content (AvgIpc) is 2.66. The van der Waals surface area contributed by atoms with Crippen molar-refractivity contribution in [3.8, 4) is 17.1 Å². The summed E-state index contributed by atoms with van der Waals surface area (Å²) >= 11 is 5.89. The molecule has 0 radical (unpaired) electrons. The van der Waals surface area contributed by atoms with Crippen molar-refractivity contribution in [2.24, 2.45) is 0 Å². The SMILES string of the molecule is COc1cc(-c2cc(N)no2)ccc1Cl. The Labute approximate surface area is 91.6 Å². The highest BCUT2D eigenvalue weighted by molar-refractivity contribution is 6.32. The lowest BCUT2D eigenvalue weighted by atomic mass is 10.1. The van der Waals surface area contributed by atoms with Gasteiger partial charge in [0.1, 0.15) is 5.75 Å². The summed E-state index contributed by atoms with van der Waals surface area (Å²) in [4.78, 5) is 0. The van der Waals surface area contributed by atoms with E-state index in [1.807, 2.05) is 6.07 Å². The monoisotopic (exact) mass is 224 g/mol. The third kappa shape index (κ3) is 1.89. The Hall–Kier alpha value is -1.68. The molecule has 0 aliphatic heterocycles. The van der Waals surface area contributed by atoms with Crippen LogP contribution in [0.3, 0.4) is 0 Å². The molecule has 0 unspecified atom stereocenters. The number of nitrogens with two attached hydrogens (primary N) is 1. The fraction of sp³-hybridized carbons (Fsp3) is 0.100. The number of hydrogen-bond donors (Lipinski definition) is 1. The van der Waals surface area contributed by atoms with Gasteiger partial charge in [-0.25, -0.2) is 0 Å². The Morgan fingerprint density at radius 1 is 1.40 bits per heavy atom. The van der Waals surface area contributed by atoms with E-state index in [0.717, 1.165) is 5.56 Å². The van der Waals surface area contributed by atoms with Crippen molar-refractivity contribution in [3.05, 3.63) is 29.3 Å². The number of methoxy groups -OCH3 is 1. The van der Waals surface area contributed by atoms with Gasteiger partial charge in [0.25, 0.3) is 0 Å². The maximum Gasteiger partial charge on any atom is 0.169 e. The second kappa shape index (κ2) is 3.82. The molecule has 78 valence electrons. The average molecular weight is 225 g/mol. The fourth-order valence-corrected chi connectivity index (χ4v) is 1.43. The van der Waals surface area contributed by atoms with Gasteiger partial charge in [0.15, 0.2) is 11.6 Å². The fourth-order valence-electron chi connectivity index (χ4n) is 1.24. The van der Waals surface area contributed by atoms with Gasteiger partial charge in [0.05, 0.1) is 12.1 Å². The molecule has 5 heteroatoms. The summed E-state index contributed by atoms with van der Waals surface area (Å²) in [6.07, 6.45) is 0. The molecule has 2 aromatic rings. The molecule has 1 aromatic heterocycles. The zero-order valence-electron chi connectivity index (χ0n) is 8.03. The minimum absolute atomic E-state index is 0.346. The van der Waals surface area contributed by atoms with Crippen LogP contribution >= 0.6 is 11.6 Å². The number of ether oxygens (including phenoxy) is 1. The molecule has 4 nitrogen and oxygen atoms in total. The lowest BCUT2D eigenvalue weighted by Crippen LogP contribution is -1.84. The molecule has 0 amide bonds. The lowest BCUT2D eigenvalue weighted by Gasteiger charge is -2.03. The highest BCUT2D eigenvalue weighted by Gasteiger charge is 2.08. The third-order valence-electron chi connectivity index (χ3n) is 1.96. The molecule has 0 fully saturated rings. The number of anilines is 1. The smallest absolute Gasteiger partial charge is 0.169 e. The highest BCUT2D eigenvalue weighted by atomic mass is 35.5. The van der Waals surface area contributed by atoms with Crippen LogP contribution in [0.25, 0.3) is 11.3 Å². The molecule has 2 N–H and O–H groups in total. The normalized spacial score (nSPS) is 10.3. The number of hydrogen-bond acceptors (Lipinski definition) is 4. The van der Waals surface area contributed by atoms with Gasteiger partial charge in [-0.3, -0.25) is 0 Å². The zero-order chi connectivity index (χ0) is 10.8. The van der Waals surface area contributed by atoms with Crippen molar-refractivity contribution in [1.29, 1.82) is 0 Å². The molecule has 0 aliphatic rings. The van der Waals surface area contributed by atoms with Crippen molar-refractivity contribution in [1.82, 2.24) is 5.16 Å². The van der Waals surface area contributed by atoms with Crippen LogP contribution in [0.4, 0.5) is 5.82 Å². The number of aromatic nitrogens is 1. The molecule has 2 rings (SSSR count). The number of nitrogen functional groups attached to an aromatic ring is 1. The first-order chi connectivity index (χ1) is 7.20. The summed E-state index contributed by atoms with van der Waals surface area (Å²) in [5.41, 5.74) is 6.27. The van der Waals surface area contributed by atoms with Crippen molar-refractivity contribution in [2.75, 3.05) is 12.8 Å². The van der Waals surface area contributed by atoms with E-state index >= 15 is 0 Å². The molecule has 15 heavy (non-hydrogen) atoms. The van der Waals surface area contributed by atoms with E-state index in [9.17, 15) is 0 Å². The van der Waals surface area contributed by atoms with E-state index in [1.54, 1.807) is 25.3 Å². The van der Waals surface area contributed by atoms with Crippen molar-refractivity contribution < 1.29 is 9.26 Å². The van der Waals surface area contributed by atoms with Crippen molar-refractivity contribution in [3.63, 3.8) is 0 Å². The number of nitrogens with zero attached hydrogens (tertiary/aromatic N) is 1. The van der Waals surface area contributed by atoms with E-state index in [2.05, 4.69) is 5.16 Å². The van der Waals surface area contributed by atoms with Gasteiger partial charge in [-0.15, -0.1) is 0 Å². The van der Waals surface area contributed by atoms with Crippen LogP contribution in [0, 0.1) is 0 Å². The van der Waals surface area contributed by atoms with Crippen LogP contribution < -0.4 is 10.5 Å². The minimum atomic E-state index is 0.346. The Balaban J connectivity index is 2.45. The Morgan fingerprint density at radius 3 is 2.80 bits per heavy atom. The van der Waals surface area contributed by atoms with Crippen LogP contribution in [-0.2, 0) is 0 Å². The summed E-state index contributed by atoms with van der Waals surface area (Å²) in [6.45, 7) is 0. The van der Waals surface area contributed by atoms with Crippen molar-refractivity contribution in [2.45, 2.75) is 0 Å². The molecule has 0 saturated carbocycles. The molecule has 0 aliphatic carbocycles. The van der Waals surface area contributed by atoms with E-state index in [1.165, 1.54) is 0 Å². The molecule has 1 heterocycles. The van der Waals surface area contributed by atoms with Gasteiger partial charge < -0.3 is 15.0 Å². The van der Waals surface area contributed by atoms with Crippen molar-refractivity contribution >= 4 is 17.4 Å². The first kappa shape index (κ1) is 9.86. The van der Waals surface area contributed by atoms with E-state index in [0.29, 0.717) is 22.4 Å². The highest BCUT2D eigenvalue weighted by Crippen LogP contribution is 2.30. The Morgan fingerprint density at radius 2 is 2.20 bits per heavy atom. The first-order valence-electron chi connectivity index (χ1n) is 4.27. The molecular formula is C10H9ClN2O2. The van der Waals surface area contributed by atoms with E-state index in [4.69, 9.17) is 26.6 Å². The van der Waals surface area contributed by atoms with Crippen LogP contribution in [0.2, 0.25) is 5.02 Å². The molecular weight excluding hydrogens is 216 g/mol. The summed E-state index contributed by atoms with van der Waals surface area (Å²) in [5.74, 6) is 1.52. The zero-order valence-corrected chi connectivity index (χ0v) is 8.78. The molecule has 0 atom stereocenters. The van der Waals surface area contributed by atoms with Gasteiger partial charge in [0.2, 0.25) is 0 Å². The lowest BCUT2D eigenvalue weighted by molar-refractivity contribution is 0.414. The van der Waals surface area contributed by atoms with E-state index in [-0.39, 0.29) is 0 Å². The third-order valence-corrected chi connectivity index (χ3v) is 2.28. The van der Waals surface area contributed by atoms with Crippen LogP contribution in [0.15, 0.2) is 28.8 Å². The van der Waals surface area contributed by atoms with Gasteiger partial charge in [-0.1, -0.05) is 16.8 Å². The molecule has 1 aromatic carbocycles. The quantitative estimate of drug-likeness (QED) is 0.852. The van der Waals surface area contributed by atoms with Gasteiger partial charge in [-0.2, -0.15) is 0 Å². The maximum atomic E-state index is 5.89. The van der Waals surface area contributed by atoms with Gasteiger partial charge in [0, 0.05) is 11.6 Å². The summed E-state index contributed by atoms with van der Waals surface area (Å²) in [7, 11) is 1.56. The minimum Gasteiger partial charge on any atom is -0.495 e.